The van der Waals surface area contributed by atoms with Crippen molar-refractivity contribution < 1.29 is 42.1 Å². The van der Waals surface area contributed by atoms with Crippen molar-refractivity contribution in [2.45, 2.75) is 193 Å². The quantitative estimate of drug-likeness (QED) is 0.0785. The number of carbonyl (C=O) groups excluding carboxylic acids is 2. The number of aromatic nitrogens is 2. The van der Waals surface area contributed by atoms with E-state index in [1.165, 1.54) is 18.9 Å². The van der Waals surface area contributed by atoms with Gasteiger partial charge in [-0.15, -0.1) is 0 Å². The number of esters is 2. The van der Waals surface area contributed by atoms with Gasteiger partial charge in [-0.1, -0.05) is 91.6 Å². The number of aromatic amines is 1. The first-order valence-electron chi connectivity index (χ1n) is 23.7. The zero-order chi connectivity index (χ0) is 46.6. The number of aryl methyl sites for hydroxylation is 1. The molecule has 15 heteroatoms. The summed E-state index contributed by atoms with van der Waals surface area (Å²) in [5.41, 5.74) is -1.11. The van der Waals surface area contributed by atoms with Crippen molar-refractivity contribution >= 4 is 18.0 Å². The molecule has 0 saturated carbocycles. The Bertz CT molecular complexity index is 2110. The Morgan fingerprint density at radius 2 is 1.55 bits per heavy atom. The van der Waals surface area contributed by atoms with Crippen molar-refractivity contribution in [2.75, 3.05) is 19.8 Å². The lowest BCUT2D eigenvalue weighted by atomic mass is 9.79. The average molecular weight is 898 g/mol. The van der Waals surface area contributed by atoms with Crippen LogP contribution in [0.25, 0.3) is 6.08 Å². The predicted octanol–water partition coefficient (Wildman–Crippen LogP) is 9.03. The van der Waals surface area contributed by atoms with Gasteiger partial charge < -0.3 is 33.0 Å². The van der Waals surface area contributed by atoms with Gasteiger partial charge in [-0.3, -0.25) is 19.1 Å². The average Bonchev–Trinajstić information content (AvgIpc) is 3.77. The fourth-order valence-electron chi connectivity index (χ4n) is 9.38. The molecule has 0 amide bonds. The number of likely N-dealkylation sites (tertiary alicyclic amines) is 1. The number of unbranched alkanes of at least 4 members (excludes halogenated alkanes) is 10. The number of carbonyl (C=O) groups is 2. The van der Waals surface area contributed by atoms with Gasteiger partial charge in [0.25, 0.3) is 5.56 Å². The first-order chi connectivity index (χ1) is 30.5. The summed E-state index contributed by atoms with van der Waals surface area (Å²) in [6, 6.07) is 1.47. The van der Waals surface area contributed by atoms with Crippen molar-refractivity contribution in [3.8, 4) is 0 Å². The van der Waals surface area contributed by atoms with Crippen LogP contribution in [-0.4, -0.2) is 75.8 Å². The second-order valence-electron chi connectivity index (χ2n) is 18.4. The molecule has 3 aliphatic rings. The van der Waals surface area contributed by atoms with Crippen molar-refractivity contribution in [2.24, 2.45) is 5.92 Å². The van der Waals surface area contributed by atoms with Crippen LogP contribution in [-0.2, 0) is 28.5 Å². The lowest BCUT2D eigenvalue weighted by Gasteiger charge is -2.49. The minimum atomic E-state index is -1.14. The molecule has 0 aliphatic carbocycles. The highest BCUT2D eigenvalue weighted by Crippen LogP contribution is 2.47. The smallest absolute Gasteiger partial charge is 0.350 e. The molecule has 2 aromatic heterocycles. The molecule has 64 heavy (non-hydrogen) atoms. The molecule has 1 N–H and O–H groups in total. The van der Waals surface area contributed by atoms with Crippen LogP contribution >= 0.6 is 0 Å². The first-order valence-corrected chi connectivity index (χ1v) is 23.7. The van der Waals surface area contributed by atoms with Gasteiger partial charge in [0.15, 0.2) is 12.0 Å². The molecule has 3 aliphatic heterocycles. The van der Waals surface area contributed by atoms with E-state index in [0.29, 0.717) is 37.1 Å². The Kier molecular flexibility index (Phi) is 18.4. The van der Waals surface area contributed by atoms with Crippen LogP contribution in [0.4, 0.5) is 4.39 Å². The molecule has 0 bridgehead atoms. The topological polar surface area (TPSA) is 169 Å². The minimum absolute atomic E-state index is 0.0659. The Labute approximate surface area is 376 Å². The standard InChI is InChI=1S/C49H72FN3O11/c1-9-12-14-16-18-20-24-49(25-21-19-17-15-13-10-2)63-41-39(61-44(42(41)64-49)52-30-36(50)43(55)51-47(52)58)31-60-40(54)23-22-26-53-37(34(6)33(5)29-48(53,7)8)28-38-32(4)27-35(46(57)62-38)45(56)59-11-3/h27-28,30,33,39,41-42,44H,6,9-26,29,31H2,1-5,7-8H3,(H,51,55,58). The molecule has 5 heterocycles. The fourth-order valence-corrected chi connectivity index (χ4v) is 9.38. The number of halogens is 1. The minimum Gasteiger partial charge on any atom is -0.463 e. The van der Waals surface area contributed by atoms with Crippen LogP contribution in [0.5, 0.6) is 0 Å². The summed E-state index contributed by atoms with van der Waals surface area (Å²) in [4.78, 5) is 67.9. The maximum atomic E-state index is 14.7. The van der Waals surface area contributed by atoms with Gasteiger partial charge in [-0.2, -0.15) is 4.39 Å². The third-order valence-corrected chi connectivity index (χ3v) is 12.9. The highest BCUT2D eigenvalue weighted by atomic mass is 19.1. The number of H-pyrrole nitrogens is 1. The van der Waals surface area contributed by atoms with Gasteiger partial charge >= 0.3 is 23.3 Å². The van der Waals surface area contributed by atoms with E-state index in [2.05, 4.69) is 46.1 Å². The van der Waals surface area contributed by atoms with Crippen LogP contribution < -0.4 is 16.9 Å². The summed E-state index contributed by atoms with van der Waals surface area (Å²) in [5, 5.41) is 0. The number of allylic oxidation sites excluding steroid dienone is 1. The van der Waals surface area contributed by atoms with Crippen molar-refractivity contribution in [1.29, 1.82) is 0 Å². The van der Waals surface area contributed by atoms with Gasteiger partial charge in [0.05, 0.1) is 12.8 Å². The van der Waals surface area contributed by atoms with Crippen LogP contribution in [0.15, 0.2) is 48.9 Å². The van der Waals surface area contributed by atoms with E-state index in [-0.39, 0.29) is 36.7 Å². The molecule has 0 radical (unpaired) electrons. The number of rotatable bonds is 24. The molecule has 2 aromatic rings. The Hall–Kier alpha value is -4.34. The molecular formula is C49H72FN3O11. The van der Waals surface area contributed by atoms with E-state index in [1.807, 2.05) is 4.98 Å². The summed E-state index contributed by atoms with van der Waals surface area (Å²) in [6.45, 7) is 18.9. The van der Waals surface area contributed by atoms with E-state index in [9.17, 15) is 28.4 Å². The molecular weight excluding hydrogens is 826 g/mol. The number of ether oxygens (including phenoxy) is 5. The zero-order valence-corrected chi connectivity index (χ0v) is 39.2. The van der Waals surface area contributed by atoms with Crippen LogP contribution in [0.1, 0.15) is 179 Å². The van der Waals surface area contributed by atoms with Crippen LogP contribution in [0, 0.1) is 18.7 Å². The van der Waals surface area contributed by atoms with E-state index in [0.717, 1.165) is 92.7 Å². The molecule has 0 spiro atoms. The number of fused-ring (bicyclic) bond motifs is 1. The van der Waals surface area contributed by atoms with E-state index >= 15 is 0 Å². The number of hydrogen-bond acceptors (Lipinski definition) is 12. The van der Waals surface area contributed by atoms with E-state index in [1.54, 1.807) is 19.9 Å². The predicted molar refractivity (Wildman–Crippen MR) is 241 cm³/mol. The molecule has 5 atom stereocenters. The largest absolute Gasteiger partial charge is 0.463 e. The number of piperidine rings is 1. The first kappa shape index (κ1) is 50.7. The van der Waals surface area contributed by atoms with Crippen molar-refractivity contribution in [1.82, 2.24) is 14.5 Å². The Morgan fingerprint density at radius 3 is 2.19 bits per heavy atom. The Morgan fingerprint density at radius 1 is 0.922 bits per heavy atom. The molecule has 3 saturated heterocycles. The third kappa shape index (κ3) is 12.7. The van der Waals surface area contributed by atoms with E-state index < -0.39 is 65.0 Å². The second kappa shape index (κ2) is 23.2. The fraction of sp³-hybridized carbons (Fsp3) is 0.694. The SMILES string of the molecule is C=C1C(=Cc2oc(=O)c(C(=O)OCC)cc2C)N(CCCC(=O)OCC2OC(n3cc(F)c(=O)[nH]c3=O)C3OC(CCCCCCCC)(CCCCCCCC)OC23)C(C)(C)CC1C. The highest BCUT2D eigenvalue weighted by molar-refractivity contribution is 5.89. The normalized spacial score (nSPS) is 23.1. The highest BCUT2D eigenvalue weighted by Gasteiger charge is 2.59. The lowest BCUT2D eigenvalue weighted by molar-refractivity contribution is -0.229. The summed E-state index contributed by atoms with van der Waals surface area (Å²) in [5.74, 6) is -2.90. The van der Waals surface area contributed by atoms with Gasteiger partial charge in [0.1, 0.15) is 36.2 Å². The molecule has 356 valence electrons. The van der Waals surface area contributed by atoms with Crippen molar-refractivity contribution in [3.05, 3.63) is 84.1 Å². The maximum Gasteiger partial charge on any atom is 0.350 e. The molecule has 14 nitrogen and oxygen atoms in total. The number of hydrogen-bond donors (Lipinski definition) is 1. The van der Waals surface area contributed by atoms with Gasteiger partial charge in [-0.25, -0.2) is 14.4 Å². The third-order valence-electron chi connectivity index (χ3n) is 12.9. The van der Waals surface area contributed by atoms with Gasteiger partial charge in [0.2, 0.25) is 5.82 Å². The van der Waals surface area contributed by atoms with Gasteiger partial charge in [-0.05, 0) is 76.5 Å². The van der Waals surface area contributed by atoms with Crippen LogP contribution in [0.2, 0.25) is 0 Å². The Balaban J connectivity index is 1.30. The lowest BCUT2D eigenvalue weighted by Crippen LogP contribution is -2.49. The monoisotopic (exact) mass is 898 g/mol. The van der Waals surface area contributed by atoms with Crippen molar-refractivity contribution in [3.63, 3.8) is 0 Å². The molecule has 0 aromatic carbocycles. The van der Waals surface area contributed by atoms with Crippen LogP contribution in [0.3, 0.4) is 0 Å². The molecule has 5 rings (SSSR count). The molecule has 5 unspecified atom stereocenters. The summed E-state index contributed by atoms with van der Waals surface area (Å²) < 4.78 is 52.1. The number of nitrogens with zero attached hydrogens (tertiary/aromatic N) is 2. The summed E-state index contributed by atoms with van der Waals surface area (Å²) in [6.07, 6.45) is 14.6. The zero-order valence-electron chi connectivity index (χ0n) is 39.2. The second-order valence-corrected chi connectivity index (χ2v) is 18.4. The summed E-state index contributed by atoms with van der Waals surface area (Å²) in [7, 11) is 0. The van der Waals surface area contributed by atoms with E-state index in [4.69, 9.17) is 28.1 Å². The number of nitrogens with one attached hydrogen (secondary N) is 1. The summed E-state index contributed by atoms with van der Waals surface area (Å²) >= 11 is 0. The van der Waals surface area contributed by atoms with Gasteiger partial charge in [0, 0.05) is 43.1 Å². The maximum absolute atomic E-state index is 14.7. The molecule has 3 fully saturated rings.